The summed E-state index contributed by atoms with van der Waals surface area (Å²) in [6, 6.07) is 21.0. The van der Waals surface area contributed by atoms with Gasteiger partial charge in [-0.3, -0.25) is 13.9 Å². The molecule has 214 valence electrons. The highest BCUT2D eigenvalue weighted by molar-refractivity contribution is 7.92. The van der Waals surface area contributed by atoms with E-state index in [1.807, 2.05) is 43.3 Å². The van der Waals surface area contributed by atoms with Gasteiger partial charge in [-0.1, -0.05) is 71.7 Å². The third-order valence-corrected chi connectivity index (χ3v) is 8.35. The molecule has 0 aromatic heterocycles. The molecule has 0 heterocycles. The van der Waals surface area contributed by atoms with Crippen LogP contribution in [0.25, 0.3) is 0 Å². The van der Waals surface area contributed by atoms with Gasteiger partial charge in [0.1, 0.15) is 6.04 Å². The molecule has 40 heavy (non-hydrogen) atoms. The first kappa shape index (κ1) is 31.5. The van der Waals surface area contributed by atoms with Crippen LogP contribution in [0.2, 0.25) is 10.0 Å². The lowest BCUT2D eigenvalue weighted by molar-refractivity contribution is -0.141. The maximum absolute atomic E-state index is 13.8. The molecule has 1 unspecified atom stereocenters. The first-order valence-electron chi connectivity index (χ1n) is 13.1. The van der Waals surface area contributed by atoms with Gasteiger partial charge in [0.25, 0.3) is 0 Å². The normalized spacial score (nSPS) is 12.0. The zero-order chi connectivity index (χ0) is 29.3. The van der Waals surface area contributed by atoms with Gasteiger partial charge in [-0.15, -0.1) is 0 Å². The number of amides is 2. The van der Waals surface area contributed by atoms with Gasteiger partial charge in [-0.2, -0.15) is 0 Å². The van der Waals surface area contributed by atoms with E-state index < -0.39 is 16.1 Å². The lowest BCUT2D eigenvalue weighted by Gasteiger charge is -2.32. The van der Waals surface area contributed by atoms with E-state index in [2.05, 4.69) is 5.32 Å². The van der Waals surface area contributed by atoms with Crippen LogP contribution in [0, 0.1) is 6.92 Å². The van der Waals surface area contributed by atoms with Crippen molar-refractivity contribution in [2.75, 3.05) is 23.7 Å². The van der Waals surface area contributed by atoms with Crippen molar-refractivity contribution in [2.24, 2.45) is 0 Å². The Morgan fingerprint density at radius 2 is 1.62 bits per heavy atom. The van der Waals surface area contributed by atoms with Gasteiger partial charge in [0.15, 0.2) is 0 Å². The van der Waals surface area contributed by atoms with Gasteiger partial charge in [0.2, 0.25) is 21.8 Å². The zero-order valence-corrected chi connectivity index (χ0v) is 25.3. The number of likely N-dealkylation sites (N-methyl/N-ethyl adjacent to an activating group) is 1. The highest BCUT2D eigenvalue weighted by atomic mass is 35.5. The summed E-state index contributed by atoms with van der Waals surface area (Å²) in [5, 5.41) is 3.86. The summed E-state index contributed by atoms with van der Waals surface area (Å²) in [5.74, 6) is -0.516. The minimum atomic E-state index is -3.64. The highest BCUT2D eigenvalue weighted by Gasteiger charge is 2.30. The molecule has 1 atom stereocenters. The molecule has 0 bridgehead atoms. The second-order valence-electron chi connectivity index (χ2n) is 9.57. The predicted molar refractivity (Wildman–Crippen MR) is 162 cm³/mol. The Labute approximate surface area is 247 Å². The number of anilines is 1. The molecule has 3 aromatic rings. The molecule has 3 rings (SSSR count). The summed E-state index contributed by atoms with van der Waals surface area (Å²) >= 11 is 12.5. The minimum Gasteiger partial charge on any atom is -0.355 e. The van der Waals surface area contributed by atoms with Crippen molar-refractivity contribution < 1.29 is 18.0 Å². The van der Waals surface area contributed by atoms with Crippen molar-refractivity contribution in [1.29, 1.82) is 0 Å². The van der Waals surface area contributed by atoms with Crippen LogP contribution >= 0.6 is 23.2 Å². The molecule has 0 aliphatic heterocycles. The molecule has 0 fully saturated rings. The molecule has 0 saturated heterocycles. The number of nitrogens with zero attached hydrogens (tertiary/aromatic N) is 2. The Morgan fingerprint density at radius 3 is 2.27 bits per heavy atom. The van der Waals surface area contributed by atoms with Crippen LogP contribution in [-0.4, -0.2) is 50.5 Å². The van der Waals surface area contributed by atoms with Crippen LogP contribution in [0.15, 0.2) is 72.8 Å². The SMILES string of the molecule is CCNC(=O)C(Cc1ccccc1)N(Cc1cccc(Cl)c1)C(=O)CCCN(c1cccc(Cl)c1C)S(C)(=O)=O. The topological polar surface area (TPSA) is 86.8 Å². The van der Waals surface area contributed by atoms with E-state index in [0.29, 0.717) is 34.3 Å². The Bertz CT molecular complexity index is 1420. The van der Waals surface area contributed by atoms with Crippen molar-refractivity contribution in [2.45, 2.75) is 45.7 Å². The second kappa shape index (κ2) is 14.5. The number of nitrogens with one attached hydrogen (secondary N) is 1. The maximum atomic E-state index is 13.8. The summed E-state index contributed by atoms with van der Waals surface area (Å²) < 4.78 is 26.6. The van der Waals surface area contributed by atoms with Crippen LogP contribution in [0.5, 0.6) is 0 Å². The van der Waals surface area contributed by atoms with Crippen LogP contribution in [-0.2, 0) is 32.6 Å². The van der Waals surface area contributed by atoms with Crippen LogP contribution in [0.3, 0.4) is 0 Å². The number of halogens is 2. The highest BCUT2D eigenvalue weighted by Crippen LogP contribution is 2.28. The fourth-order valence-corrected chi connectivity index (χ4v) is 5.92. The third kappa shape index (κ3) is 8.71. The molecule has 10 heteroatoms. The van der Waals surface area contributed by atoms with Gasteiger partial charge in [-0.25, -0.2) is 8.42 Å². The molecule has 0 spiro atoms. The van der Waals surface area contributed by atoms with Crippen LogP contribution in [0.4, 0.5) is 5.69 Å². The number of carbonyl (C=O) groups excluding carboxylic acids is 2. The molecule has 7 nitrogen and oxygen atoms in total. The van der Waals surface area contributed by atoms with E-state index in [4.69, 9.17) is 23.2 Å². The van der Waals surface area contributed by atoms with E-state index in [-0.39, 0.29) is 37.7 Å². The summed E-state index contributed by atoms with van der Waals surface area (Å²) in [6.07, 6.45) is 1.75. The Morgan fingerprint density at radius 1 is 0.950 bits per heavy atom. The maximum Gasteiger partial charge on any atom is 0.243 e. The molecule has 0 aliphatic carbocycles. The predicted octanol–water partition coefficient (Wildman–Crippen LogP) is 5.62. The molecule has 2 amide bonds. The van der Waals surface area contributed by atoms with E-state index in [0.717, 1.165) is 17.4 Å². The quantitative estimate of drug-likeness (QED) is 0.274. The summed E-state index contributed by atoms with van der Waals surface area (Å²) in [7, 11) is -3.64. The van der Waals surface area contributed by atoms with Gasteiger partial charge < -0.3 is 10.2 Å². The number of hydrogen-bond donors (Lipinski definition) is 1. The van der Waals surface area contributed by atoms with Crippen molar-refractivity contribution in [1.82, 2.24) is 10.2 Å². The molecule has 0 radical (unpaired) electrons. The zero-order valence-electron chi connectivity index (χ0n) is 22.9. The monoisotopic (exact) mass is 603 g/mol. The second-order valence-corrected chi connectivity index (χ2v) is 12.3. The standard InChI is InChI=1S/C30H35Cl2N3O4S/c1-4-33-30(37)28(20-23-11-6-5-7-12-23)34(21-24-13-8-14-25(31)19-24)29(36)17-10-18-35(40(3,38)39)27-16-9-15-26(32)22(27)2/h5-9,11-16,19,28H,4,10,17-18,20-21H2,1-3H3,(H,33,37). The van der Waals surface area contributed by atoms with Crippen molar-refractivity contribution in [3.05, 3.63) is 99.5 Å². The van der Waals surface area contributed by atoms with Crippen molar-refractivity contribution in [3.8, 4) is 0 Å². The summed E-state index contributed by atoms with van der Waals surface area (Å²) in [6.45, 7) is 4.27. The fourth-order valence-electron chi connectivity index (χ4n) is 4.53. The molecular weight excluding hydrogens is 569 g/mol. The fraction of sp³-hybridized carbons (Fsp3) is 0.333. The van der Waals surface area contributed by atoms with Crippen LogP contribution in [0.1, 0.15) is 36.5 Å². The average Bonchev–Trinajstić information content (AvgIpc) is 2.90. The smallest absolute Gasteiger partial charge is 0.243 e. The van der Waals surface area contributed by atoms with Crippen molar-refractivity contribution in [3.63, 3.8) is 0 Å². The van der Waals surface area contributed by atoms with Gasteiger partial charge in [-0.05, 0) is 61.2 Å². The largest absolute Gasteiger partial charge is 0.355 e. The molecule has 1 N–H and O–H groups in total. The minimum absolute atomic E-state index is 0.0386. The summed E-state index contributed by atoms with van der Waals surface area (Å²) in [5.41, 5.74) is 2.82. The number of benzene rings is 3. The first-order chi connectivity index (χ1) is 19.0. The number of carbonyl (C=O) groups is 2. The van der Waals surface area contributed by atoms with Gasteiger partial charge in [0.05, 0.1) is 11.9 Å². The third-order valence-electron chi connectivity index (χ3n) is 6.52. The molecule has 0 aliphatic rings. The molecular formula is C30H35Cl2N3O4S. The van der Waals surface area contributed by atoms with Gasteiger partial charge in [0, 0.05) is 42.5 Å². The van der Waals surface area contributed by atoms with E-state index >= 15 is 0 Å². The van der Waals surface area contributed by atoms with Crippen molar-refractivity contribution >= 4 is 50.7 Å². The summed E-state index contributed by atoms with van der Waals surface area (Å²) in [4.78, 5) is 28.6. The van der Waals surface area contributed by atoms with E-state index in [1.54, 1.807) is 48.2 Å². The molecule has 3 aromatic carbocycles. The Hall–Kier alpha value is -3.07. The number of rotatable bonds is 13. The number of hydrogen-bond acceptors (Lipinski definition) is 4. The van der Waals surface area contributed by atoms with E-state index in [9.17, 15) is 18.0 Å². The molecule has 0 saturated carbocycles. The van der Waals surface area contributed by atoms with Crippen LogP contribution < -0.4 is 9.62 Å². The number of sulfonamides is 1. The van der Waals surface area contributed by atoms with E-state index in [1.165, 1.54) is 4.31 Å². The lowest BCUT2D eigenvalue weighted by atomic mass is 10.0. The average molecular weight is 605 g/mol. The first-order valence-corrected chi connectivity index (χ1v) is 15.7. The lowest BCUT2D eigenvalue weighted by Crippen LogP contribution is -2.50. The Kier molecular flexibility index (Phi) is 11.4. The Balaban J connectivity index is 1.88. The van der Waals surface area contributed by atoms with Gasteiger partial charge >= 0.3 is 0 Å².